The Hall–Kier alpha value is -0.170. The third-order valence-corrected chi connectivity index (χ3v) is 6.47. The van der Waals surface area contributed by atoms with Crippen LogP contribution >= 0.6 is 0 Å². The van der Waals surface area contributed by atoms with Crippen LogP contribution in [0.4, 0.5) is 0 Å². The van der Waals surface area contributed by atoms with E-state index in [0.29, 0.717) is 25.7 Å². The molecule has 2 N–H and O–H groups in total. The molecule has 0 bridgehead atoms. The van der Waals surface area contributed by atoms with E-state index in [-0.39, 0.29) is 5.25 Å². The molecule has 0 amide bonds. The smallest absolute Gasteiger partial charge is 0.217 e. The van der Waals surface area contributed by atoms with E-state index in [1.54, 1.807) is 4.31 Å². The van der Waals surface area contributed by atoms with Crippen molar-refractivity contribution in [2.24, 2.45) is 5.73 Å². The number of hydrogen-bond donors (Lipinski definition) is 1. The summed E-state index contributed by atoms with van der Waals surface area (Å²) in [6, 6.07) is 0.515. The second-order valence-electron chi connectivity index (χ2n) is 5.32. The lowest BCUT2D eigenvalue weighted by molar-refractivity contribution is 0.129. The van der Waals surface area contributed by atoms with Crippen LogP contribution in [0.2, 0.25) is 0 Å². The first-order chi connectivity index (χ1) is 8.59. The Morgan fingerprint density at radius 1 is 1.22 bits per heavy atom. The summed E-state index contributed by atoms with van der Waals surface area (Å²) in [6.07, 6.45) is 3.80. The molecular weight excluding hydrogens is 250 g/mol. The minimum absolute atomic E-state index is 0.0740. The molecule has 1 unspecified atom stereocenters. The highest BCUT2D eigenvalue weighted by molar-refractivity contribution is 7.90. The van der Waals surface area contributed by atoms with Gasteiger partial charge in [0.1, 0.15) is 0 Å². The zero-order valence-electron chi connectivity index (χ0n) is 11.2. The normalized spacial score (nSPS) is 25.2. The monoisotopic (exact) mass is 275 g/mol. The fourth-order valence-corrected chi connectivity index (χ4v) is 4.56. The Morgan fingerprint density at radius 3 is 2.28 bits per heavy atom. The van der Waals surface area contributed by atoms with E-state index in [9.17, 15) is 8.42 Å². The molecule has 1 aliphatic carbocycles. The first kappa shape index (κ1) is 14.2. The van der Waals surface area contributed by atoms with Crippen LogP contribution in [0.25, 0.3) is 0 Å². The van der Waals surface area contributed by atoms with Crippen molar-refractivity contribution in [3.63, 3.8) is 0 Å². The van der Waals surface area contributed by atoms with Gasteiger partial charge in [0.25, 0.3) is 0 Å². The molecular formula is C12H25N3O2S. The number of piperazine rings is 1. The largest absolute Gasteiger partial charge is 0.330 e. The summed E-state index contributed by atoms with van der Waals surface area (Å²) in [7, 11) is -2.98. The molecule has 2 rings (SSSR count). The summed E-state index contributed by atoms with van der Waals surface area (Å²) >= 11 is 0. The lowest BCUT2D eigenvalue weighted by Crippen LogP contribution is -2.52. The van der Waals surface area contributed by atoms with Crippen LogP contribution in [-0.2, 0) is 10.0 Å². The summed E-state index contributed by atoms with van der Waals surface area (Å²) in [4.78, 5) is 2.39. The van der Waals surface area contributed by atoms with Gasteiger partial charge in [-0.05, 0) is 32.2 Å². The molecule has 0 aromatic rings. The van der Waals surface area contributed by atoms with Gasteiger partial charge in [-0.1, -0.05) is 6.92 Å². The van der Waals surface area contributed by atoms with Gasteiger partial charge < -0.3 is 5.73 Å². The maximum absolute atomic E-state index is 12.1. The lowest BCUT2D eigenvalue weighted by Gasteiger charge is -2.38. The molecule has 2 fully saturated rings. The van der Waals surface area contributed by atoms with Gasteiger partial charge in [0.05, 0.1) is 5.25 Å². The molecule has 2 aliphatic rings. The fraction of sp³-hybridized carbons (Fsp3) is 1.00. The SMILES string of the molecule is CCC(CCN)N1CCN(S(=O)(=O)C2CC2)CC1. The minimum atomic E-state index is -2.98. The van der Waals surface area contributed by atoms with Crippen molar-refractivity contribution in [1.82, 2.24) is 9.21 Å². The van der Waals surface area contributed by atoms with Gasteiger partial charge in [-0.25, -0.2) is 8.42 Å². The molecule has 0 radical (unpaired) electrons. The average Bonchev–Trinajstić information content (AvgIpc) is 3.20. The quantitative estimate of drug-likeness (QED) is 0.753. The van der Waals surface area contributed by atoms with E-state index in [4.69, 9.17) is 5.73 Å². The molecule has 0 spiro atoms. The minimum Gasteiger partial charge on any atom is -0.330 e. The average molecular weight is 275 g/mol. The van der Waals surface area contributed by atoms with Crippen molar-refractivity contribution in [3.8, 4) is 0 Å². The van der Waals surface area contributed by atoms with Crippen LogP contribution in [0.1, 0.15) is 32.6 Å². The molecule has 5 nitrogen and oxygen atoms in total. The molecule has 0 aromatic heterocycles. The summed E-state index contributed by atoms with van der Waals surface area (Å²) in [5.74, 6) is 0. The summed E-state index contributed by atoms with van der Waals surface area (Å²) in [6.45, 7) is 5.89. The van der Waals surface area contributed by atoms with E-state index in [1.807, 2.05) is 0 Å². The molecule has 106 valence electrons. The molecule has 1 heterocycles. The zero-order valence-corrected chi connectivity index (χ0v) is 12.0. The number of sulfonamides is 1. The van der Waals surface area contributed by atoms with E-state index in [0.717, 1.165) is 38.8 Å². The first-order valence-electron chi connectivity index (χ1n) is 7.02. The van der Waals surface area contributed by atoms with Crippen molar-refractivity contribution in [3.05, 3.63) is 0 Å². The second kappa shape index (κ2) is 5.86. The van der Waals surface area contributed by atoms with Gasteiger partial charge in [-0.15, -0.1) is 0 Å². The van der Waals surface area contributed by atoms with Crippen LogP contribution in [0.5, 0.6) is 0 Å². The van der Waals surface area contributed by atoms with Crippen molar-refractivity contribution in [2.75, 3.05) is 32.7 Å². The molecule has 6 heteroatoms. The Morgan fingerprint density at radius 2 is 1.83 bits per heavy atom. The van der Waals surface area contributed by atoms with E-state index in [1.165, 1.54) is 0 Å². The molecule has 1 aliphatic heterocycles. The second-order valence-corrected chi connectivity index (χ2v) is 7.53. The van der Waals surface area contributed by atoms with E-state index >= 15 is 0 Å². The van der Waals surface area contributed by atoms with Gasteiger partial charge >= 0.3 is 0 Å². The third kappa shape index (κ3) is 3.04. The molecule has 1 saturated heterocycles. The molecule has 1 saturated carbocycles. The number of hydrogen-bond acceptors (Lipinski definition) is 4. The Labute approximate surface area is 110 Å². The predicted octanol–water partition coefficient (Wildman–Crippen LogP) is 0.224. The molecule has 0 aromatic carbocycles. The molecule has 18 heavy (non-hydrogen) atoms. The Balaban J connectivity index is 1.87. The summed E-state index contributed by atoms with van der Waals surface area (Å²) in [5.41, 5.74) is 5.62. The topological polar surface area (TPSA) is 66.6 Å². The zero-order chi connectivity index (χ0) is 13.2. The van der Waals surface area contributed by atoms with Gasteiger partial charge in [-0.2, -0.15) is 4.31 Å². The Bertz CT molecular complexity index is 360. The van der Waals surface area contributed by atoms with Crippen LogP contribution in [-0.4, -0.2) is 61.6 Å². The van der Waals surface area contributed by atoms with Crippen molar-refractivity contribution < 1.29 is 8.42 Å². The van der Waals surface area contributed by atoms with Crippen LogP contribution in [0.15, 0.2) is 0 Å². The highest BCUT2D eigenvalue weighted by Crippen LogP contribution is 2.31. The summed E-state index contributed by atoms with van der Waals surface area (Å²) < 4.78 is 25.9. The summed E-state index contributed by atoms with van der Waals surface area (Å²) in [5, 5.41) is -0.0740. The number of rotatable bonds is 6. The standard InChI is InChI=1S/C12H25N3O2S/c1-2-11(5-6-13)14-7-9-15(10-8-14)18(16,17)12-3-4-12/h11-12H,2-10,13H2,1H3. The van der Waals surface area contributed by atoms with Gasteiger partial charge in [0.2, 0.25) is 10.0 Å². The first-order valence-corrected chi connectivity index (χ1v) is 8.53. The van der Waals surface area contributed by atoms with Crippen LogP contribution in [0, 0.1) is 0 Å². The fourth-order valence-electron chi connectivity index (χ4n) is 2.74. The van der Waals surface area contributed by atoms with Crippen molar-refractivity contribution in [1.29, 1.82) is 0 Å². The highest BCUT2D eigenvalue weighted by Gasteiger charge is 2.41. The van der Waals surface area contributed by atoms with E-state index in [2.05, 4.69) is 11.8 Å². The maximum Gasteiger partial charge on any atom is 0.217 e. The van der Waals surface area contributed by atoms with E-state index < -0.39 is 10.0 Å². The number of nitrogens with two attached hydrogens (primary N) is 1. The lowest BCUT2D eigenvalue weighted by atomic mass is 10.1. The molecule has 1 atom stereocenters. The predicted molar refractivity (Wildman–Crippen MR) is 72.8 cm³/mol. The maximum atomic E-state index is 12.1. The van der Waals surface area contributed by atoms with Crippen molar-refractivity contribution >= 4 is 10.0 Å². The number of nitrogens with zero attached hydrogens (tertiary/aromatic N) is 2. The van der Waals surface area contributed by atoms with Gasteiger partial charge in [0, 0.05) is 32.2 Å². The Kier molecular flexibility index (Phi) is 4.64. The van der Waals surface area contributed by atoms with Gasteiger partial charge in [-0.3, -0.25) is 4.90 Å². The van der Waals surface area contributed by atoms with Crippen molar-refractivity contribution in [2.45, 2.75) is 43.9 Å². The third-order valence-electron chi connectivity index (χ3n) is 4.07. The van der Waals surface area contributed by atoms with Crippen LogP contribution < -0.4 is 5.73 Å². The van der Waals surface area contributed by atoms with Gasteiger partial charge in [0.15, 0.2) is 0 Å². The van der Waals surface area contributed by atoms with Crippen LogP contribution in [0.3, 0.4) is 0 Å². The highest BCUT2D eigenvalue weighted by atomic mass is 32.2.